The van der Waals surface area contributed by atoms with E-state index in [0.717, 1.165) is 0 Å². The summed E-state index contributed by atoms with van der Waals surface area (Å²) in [5, 5.41) is 9.95. The van der Waals surface area contributed by atoms with Gasteiger partial charge in [-0.1, -0.05) is 0 Å². The minimum absolute atomic E-state index is 0.0537. The molecule has 0 aliphatic heterocycles. The number of alkyl halides is 3. The molecule has 0 aromatic heterocycles. The maximum atomic E-state index is 12.2. The van der Waals surface area contributed by atoms with Crippen molar-refractivity contribution in [3.05, 3.63) is 10.1 Å². The van der Waals surface area contributed by atoms with Crippen LogP contribution >= 0.6 is 0 Å². The quantitative estimate of drug-likeness (QED) is 0.406. The van der Waals surface area contributed by atoms with Gasteiger partial charge in [0.15, 0.2) is 0 Å². The zero-order valence-electron chi connectivity index (χ0n) is 7.91. The maximum Gasteiger partial charge on any atom is 0.398 e. The molecule has 88 valence electrons. The molecule has 0 rings (SSSR count). The molecule has 1 atom stereocenters. The van der Waals surface area contributed by atoms with Crippen LogP contribution in [-0.2, 0) is 9.53 Å². The molecule has 0 fully saturated rings. The molecule has 0 spiro atoms. The predicted molar refractivity (Wildman–Crippen MR) is 42.7 cm³/mol. The van der Waals surface area contributed by atoms with Crippen LogP contribution < -0.4 is 0 Å². The van der Waals surface area contributed by atoms with Gasteiger partial charge in [-0.25, -0.2) is 0 Å². The highest BCUT2D eigenvalue weighted by atomic mass is 19.4. The van der Waals surface area contributed by atoms with Gasteiger partial charge in [0.1, 0.15) is 5.92 Å². The fourth-order valence-corrected chi connectivity index (χ4v) is 0.885. The molecule has 1 unspecified atom stereocenters. The molecule has 0 saturated carbocycles. The number of carbonyl (C=O) groups excluding carboxylic acids is 1. The summed E-state index contributed by atoms with van der Waals surface area (Å²) in [6, 6.07) is 0. The largest absolute Gasteiger partial charge is 0.466 e. The average molecular weight is 229 g/mol. The summed E-state index contributed by atoms with van der Waals surface area (Å²) < 4.78 is 40.8. The zero-order chi connectivity index (χ0) is 12.1. The molecule has 0 aliphatic carbocycles. The van der Waals surface area contributed by atoms with Gasteiger partial charge >= 0.3 is 12.1 Å². The van der Waals surface area contributed by atoms with Crippen molar-refractivity contribution in [2.24, 2.45) is 5.92 Å². The molecule has 0 aliphatic rings. The summed E-state index contributed by atoms with van der Waals surface area (Å²) in [4.78, 5) is 19.6. The Kier molecular flexibility index (Phi) is 5.03. The average Bonchev–Trinajstić information content (AvgIpc) is 2.00. The second-order valence-corrected chi connectivity index (χ2v) is 2.76. The highest BCUT2D eigenvalue weighted by Crippen LogP contribution is 2.29. The maximum absolute atomic E-state index is 12.2. The van der Waals surface area contributed by atoms with Crippen molar-refractivity contribution >= 4 is 5.97 Å². The van der Waals surface area contributed by atoms with E-state index in [1.807, 2.05) is 0 Å². The summed E-state index contributed by atoms with van der Waals surface area (Å²) in [5.74, 6) is -3.37. The van der Waals surface area contributed by atoms with E-state index in [1.165, 1.54) is 6.92 Å². The molecule has 0 N–H and O–H groups in total. The van der Waals surface area contributed by atoms with Gasteiger partial charge in [0.25, 0.3) is 0 Å². The van der Waals surface area contributed by atoms with Crippen molar-refractivity contribution in [2.75, 3.05) is 13.2 Å². The molecule has 0 heterocycles. The van der Waals surface area contributed by atoms with Gasteiger partial charge in [-0.05, 0) is 6.92 Å². The third kappa shape index (κ3) is 5.87. The van der Waals surface area contributed by atoms with E-state index in [0.29, 0.717) is 0 Å². The number of rotatable bonds is 5. The fraction of sp³-hybridized carbons (Fsp3) is 0.857. The van der Waals surface area contributed by atoms with Crippen LogP contribution in [0.2, 0.25) is 0 Å². The molecule has 0 aromatic rings. The Bertz CT molecular complexity index is 241. The van der Waals surface area contributed by atoms with Crippen molar-refractivity contribution in [1.29, 1.82) is 0 Å². The van der Waals surface area contributed by atoms with Crippen molar-refractivity contribution < 1.29 is 27.6 Å². The lowest BCUT2D eigenvalue weighted by molar-refractivity contribution is -0.497. The first-order chi connectivity index (χ1) is 6.77. The first-order valence-electron chi connectivity index (χ1n) is 4.11. The molecule has 0 bridgehead atoms. The minimum Gasteiger partial charge on any atom is -0.466 e. The van der Waals surface area contributed by atoms with Crippen LogP contribution in [0.5, 0.6) is 0 Å². The molecule has 8 heteroatoms. The number of halogens is 3. The topological polar surface area (TPSA) is 69.4 Å². The first-order valence-corrected chi connectivity index (χ1v) is 4.11. The van der Waals surface area contributed by atoms with Crippen LogP contribution in [0.1, 0.15) is 13.3 Å². The molecule has 15 heavy (non-hydrogen) atoms. The zero-order valence-corrected chi connectivity index (χ0v) is 7.91. The van der Waals surface area contributed by atoms with Crippen LogP contribution in [0.25, 0.3) is 0 Å². The number of nitrogens with zero attached hydrogens (tertiary/aromatic N) is 1. The van der Waals surface area contributed by atoms with E-state index in [-0.39, 0.29) is 6.61 Å². The number of carbonyl (C=O) groups is 1. The van der Waals surface area contributed by atoms with Gasteiger partial charge in [-0.15, -0.1) is 0 Å². The Morgan fingerprint density at radius 2 is 2.07 bits per heavy atom. The van der Waals surface area contributed by atoms with Crippen molar-refractivity contribution in [3.8, 4) is 0 Å². The van der Waals surface area contributed by atoms with Crippen LogP contribution in [0.15, 0.2) is 0 Å². The van der Waals surface area contributed by atoms with Gasteiger partial charge in [0, 0.05) is 4.92 Å². The molecule has 0 amide bonds. The molecular weight excluding hydrogens is 219 g/mol. The summed E-state index contributed by atoms with van der Waals surface area (Å²) >= 11 is 0. The predicted octanol–water partition coefficient (Wildman–Crippen LogP) is 1.39. The van der Waals surface area contributed by atoms with Crippen LogP contribution in [0.4, 0.5) is 13.2 Å². The van der Waals surface area contributed by atoms with E-state index in [9.17, 15) is 28.1 Å². The van der Waals surface area contributed by atoms with Gasteiger partial charge in [-0.2, -0.15) is 13.2 Å². The lowest BCUT2D eigenvalue weighted by Gasteiger charge is -2.15. The van der Waals surface area contributed by atoms with E-state index in [4.69, 9.17) is 0 Å². The van der Waals surface area contributed by atoms with E-state index in [1.54, 1.807) is 0 Å². The van der Waals surface area contributed by atoms with E-state index >= 15 is 0 Å². The van der Waals surface area contributed by atoms with Gasteiger partial charge < -0.3 is 4.74 Å². The van der Waals surface area contributed by atoms with Crippen LogP contribution in [0.3, 0.4) is 0 Å². The monoisotopic (exact) mass is 229 g/mol. The molecule has 0 aromatic carbocycles. The molecule has 5 nitrogen and oxygen atoms in total. The van der Waals surface area contributed by atoms with Gasteiger partial charge in [0.05, 0.1) is 13.0 Å². The Morgan fingerprint density at radius 1 is 1.53 bits per heavy atom. The first kappa shape index (κ1) is 13.7. The minimum atomic E-state index is -4.76. The fourth-order valence-electron chi connectivity index (χ4n) is 0.885. The summed E-state index contributed by atoms with van der Waals surface area (Å²) in [6.45, 7) is 0.0676. The summed E-state index contributed by atoms with van der Waals surface area (Å²) in [7, 11) is 0. The molecule has 0 saturated heterocycles. The summed E-state index contributed by atoms with van der Waals surface area (Å²) in [6.07, 6.45) is -5.78. The molecular formula is C7H10F3NO4. The normalized spacial score (nSPS) is 13.3. The highest BCUT2D eigenvalue weighted by molar-refractivity contribution is 5.69. The van der Waals surface area contributed by atoms with Crippen LogP contribution in [-0.4, -0.2) is 30.2 Å². The Morgan fingerprint density at radius 3 is 2.40 bits per heavy atom. The SMILES string of the molecule is CCOC(=O)CC(C[N+](=O)[O-])C(F)(F)F. The number of hydrogen-bond donors (Lipinski definition) is 0. The van der Waals surface area contributed by atoms with Gasteiger partial charge in [0.2, 0.25) is 6.54 Å². The number of hydrogen-bond acceptors (Lipinski definition) is 4. The van der Waals surface area contributed by atoms with E-state index in [2.05, 4.69) is 4.74 Å². The lowest BCUT2D eigenvalue weighted by atomic mass is 10.1. The Labute approximate surface area is 83.4 Å². The number of ether oxygens (including phenoxy) is 1. The third-order valence-corrected chi connectivity index (χ3v) is 1.55. The Hall–Kier alpha value is -1.34. The second kappa shape index (κ2) is 5.52. The second-order valence-electron chi connectivity index (χ2n) is 2.76. The summed E-state index contributed by atoms with van der Waals surface area (Å²) in [5.41, 5.74) is 0. The Balaban J connectivity index is 4.38. The molecule has 0 radical (unpaired) electrons. The van der Waals surface area contributed by atoms with Crippen molar-refractivity contribution in [1.82, 2.24) is 0 Å². The van der Waals surface area contributed by atoms with Crippen molar-refractivity contribution in [2.45, 2.75) is 19.5 Å². The number of nitro groups is 1. The van der Waals surface area contributed by atoms with Gasteiger partial charge in [-0.3, -0.25) is 14.9 Å². The third-order valence-electron chi connectivity index (χ3n) is 1.55. The van der Waals surface area contributed by atoms with E-state index < -0.39 is 36.0 Å². The smallest absolute Gasteiger partial charge is 0.398 e. The number of esters is 1. The lowest BCUT2D eigenvalue weighted by Crippen LogP contribution is -2.32. The highest BCUT2D eigenvalue weighted by Gasteiger charge is 2.44. The standard InChI is InChI=1S/C7H10F3NO4/c1-2-15-6(12)3-5(4-11(13)14)7(8,9)10/h5H,2-4H2,1H3. The van der Waals surface area contributed by atoms with Crippen molar-refractivity contribution in [3.63, 3.8) is 0 Å². The van der Waals surface area contributed by atoms with Crippen LogP contribution in [0, 0.1) is 16.0 Å².